The normalized spacial score (nSPS) is 11.5. The van der Waals surface area contributed by atoms with Crippen LogP contribution in [0.25, 0.3) is 22.0 Å². The second kappa shape index (κ2) is 14.4. The van der Waals surface area contributed by atoms with Gasteiger partial charge in [0.25, 0.3) is 0 Å². The molecule has 0 unspecified atom stereocenters. The summed E-state index contributed by atoms with van der Waals surface area (Å²) in [6.45, 7) is 1.84. The Morgan fingerprint density at radius 2 is 1.76 bits per heavy atom. The molecule has 0 saturated carbocycles. The van der Waals surface area contributed by atoms with Gasteiger partial charge in [-0.2, -0.15) is 15.5 Å². The minimum Gasteiger partial charge on any atom is -0.491 e. The zero-order chi connectivity index (χ0) is 29.1. The molecule has 4 rings (SSSR count). The van der Waals surface area contributed by atoms with E-state index in [-0.39, 0.29) is 24.7 Å². The summed E-state index contributed by atoms with van der Waals surface area (Å²) in [7, 11) is 0. The van der Waals surface area contributed by atoms with Crippen LogP contribution >= 0.6 is 0 Å². The lowest BCUT2D eigenvalue weighted by molar-refractivity contribution is -0.274. The fourth-order valence-electron chi connectivity index (χ4n) is 4.06. The first-order valence-corrected chi connectivity index (χ1v) is 12.8. The van der Waals surface area contributed by atoms with Crippen LogP contribution in [-0.4, -0.2) is 71.4 Å². The van der Waals surface area contributed by atoms with E-state index in [1.807, 2.05) is 12.1 Å². The van der Waals surface area contributed by atoms with E-state index in [0.717, 1.165) is 35.4 Å². The molecule has 0 spiro atoms. The van der Waals surface area contributed by atoms with Crippen molar-refractivity contribution >= 4 is 10.9 Å². The average Bonchev–Trinajstić information content (AvgIpc) is 3.61. The monoisotopic (exact) mass is 574 g/mol. The van der Waals surface area contributed by atoms with Crippen LogP contribution in [0.4, 0.5) is 13.2 Å². The third kappa shape index (κ3) is 8.84. The van der Waals surface area contributed by atoms with Gasteiger partial charge in [0.05, 0.1) is 36.5 Å². The molecule has 0 bridgehead atoms. The molecule has 11 nitrogen and oxygen atoms in total. The van der Waals surface area contributed by atoms with E-state index in [9.17, 15) is 18.4 Å². The maximum absolute atomic E-state index is 12.6. The summed E-state index contributed by atoms with van der Waals surface area (Å²) in [4.78, 5) is 0. The summed E-state index contributed by atoms with van der Waals surface area (Å²) in [5, 5.41) is 35.8. The number of nitrogens with one attached hydrogen (secondary N) is 3. The van der Waals surface area contributed by atoms with Crippen molar-refractivity contribution in [3.05, 3.63) is 54.0 Å². The highest BCUT2D eigenvalue weighted by Crippen LogP contribution is 2.32. The molecule has 0 radical (unpaired) electrons. The number of hydrogen-bond donors (Lipinski definition) is 4. The molecule has 2 heterocycles. The number of alkyl halides is 3. The molecule has 0 fully saturated rings. The minimum absolute atomic E-state index is 0.0398. The Morgan fingerprint density at radius 1 is 0.927 bits per heavy atom. The maximum atomic E-state index is 12.6. The number of nitrogens with zero attached hydrogens (tertiary/aromatic N) is 3. The molecular formula is C27H29F3N6O5. The number of ether oxygens (including phenoxy) is 4. The predicted octanol–water partition coefficient (Wildman–Crippen LogP) is 4.06. The molecule has 0 amide bonds. The number of aromatic nitrogens is 4. The van der Waals surface area contributed by atoms with Gasteiger partial charge in [0, 0.05) is 24.8 Å². The molecule has 0 saturated heterocycles. The van der Waals surface area contributed by atoms with Crippen LogP contribution in [0.5, 0.6) is 17.2 Å². The van der Waals surface area contributed by atoms with Crippen molar-refractivity contribution in [3.8, 4) is 34.4 Å². The molecule has 218 valence electrons. The molecule has 2 aromatic heterocycles. The smallest absolute Gasteiger partial charge is 0.491 e. The van der Waals surface area contributed by atoms with Crippen LogP contribution in [0.15, 0.2) is 42.7 Å². The quantitative estimate of drug-likeness (QED) is 0.145. The van der Waals surface area contributed by atoms with Crippen molar-refractivity contribution in [3.63, 3.8) is 0 Å². The van der Waals surface area contributed by atoms with Gasteiger partial charge in [0.1, 0.15) is 42.2 Å². The maximum Gasteiger partial charge on any atom is 0.573 e. The molecule has 0 aliphatic carbocycles. The van der Waals surface area contributed by atoms with E-state index in [2.05, 4.69) is 36.5 Å². The number of halogens is 3. The average molecular weight is 575 g/mol. The Morgan fingerprint density at radius 3 is 2.56 bits per heavy atom. The van der Waals surface area contributed by atoms with Gasteiger partial charge in [-0.3, -0.25) is 10.2 Å². The number of aromatic amines is 2. The standard InChI is InChI=1S/C27H29F3N6O5/c28-27(29,30)41-21-10-18(9-20(13-21)39-6-4-37)15-32-3-1-2-5-38-7-8-40-26-12-19(11-24-23(26)17-34-35-24)22-16-33-36-25(22)14-31/h9-13,16-17,32,37H,1-8,15H2,(H,33,36)(H,34,35). The molecule has 4 aromatic rings. The Kier molecular flexibility index (Phi) is 10.4. The van der Waals surface area contributed by atoms with Crippen LogP contribution in [-0.2, 0) is 11.3 Å². The number of benzene rings is 2. The van der Waals surface area contributed by atoms with Crippen molar-refractivity contribution < 1.29 is 37.2 Å². The number of unbranched alkanes of at least 4 members (excludes halogenated alkanes) is 1. The van der Waals surface area contributed by atoms with Crippen LogP contribution in [0.2, 0.25) is 0 Å². The number of H-pyrrole nitrogens is 2. The van der Waals surface area contributed by atoms with E-state index in [1.165, 1.54) is 6.07 Å². The first-order valence-electron chi connectivity index (χ1n) is 12.8. The summed E-state index contributed by atoms with van der Waals surface area (Å²) < 4.78 is 58.8. The third-order valence-corrected chi connectivity index (χ3v) is 5.82. The highest BCUT2D eigenvalue weighted by Gasteiger charge is 2.31. The van der Waals surface area contributed by atoms with Crippen molar-refractivity contribution in [2.75, 3.05) is 39.6 Å². The van der Waals surface area contributed by atoms with Gasteiger partial charge in [-0.25, -0.2) is 0 Å². The van der Waals surface area contributed by atoms with E-state index in [1.54, 1.807) is 18.5 Å². The summed E-state index contributed by atoms with van der Waals surface area (Å²) in [5.41, 5.74) is 3.11. The largest absolute Gasteiger partial charge is 0.573 e. The number of nitriles is 1. The molecule has 0 aliphatic heterocycles. The van der Waals surface area contributed by atoms with Crippen molar-refractivity contribution in [2.24, 2.45) is 0 Å². The second-order valence-corrected chi connectivity index (χ2v) is 8.85. The fourth-order valence-corrected chi connectivity index (χ4v) is 4.06. The zero-order valence-electron chi connectivity index (χ0n) is 22.0. The molecular weight excluding hydrogens is 545 g/mol. The molecule has 2 aromatic carbocycles. The van der Waals surface area contributed by atoms with Gasteiger partial charge in [0.2, 0.25) is 0 Å². The van der Waals surface area contributed by atoms with Gasteiger partial charge in [-0.05, 0) is 54.8 Å². The lowest BCUT2D eigenvalue weighted by Crippen LogP contribution is -2.18. The molecule has 0 atom stereocenters. The Bertz CT molecular complexity index is 1450. The van der Waals surface area contributed by atoms with Crippen molar-refractivity contribution in [1.82, 2.24) is 25.7 Å². The second-order valence-electron chi connectivity index (χ2n) is 8.85. The van der Waals surface area contributed by atoms with E-state index in [0.29, 0.717) is 55.5 Å². The van der Waals surface area contributed by atoms with Crippen molar-refractivity contribution in [2.45, 2.75) is 25.7 Å². The van der Waals surface area contributed by atoms with Gasteiger partial charge in [-0.15, -0.1) is 13.2 Å². The fraction of sp³-hybridized carbons (Fsp3) is 0.370. The first kappa shape index (κ1) is 29.7. The number of aliphatic hydroxyl groups is 1. The van der Waals surface area contributed by atoms with E-state index < -0.39 is 6.36 Å². The summed E-state index contributed by atoms with van der Waals surface area (Å²) >= 11 is 0. The van der Waals surface area contributed by atoms with Crippen LogP contribution in [0, 0.1) is 11.3 Å². The summed E-state index contributed by atoms with van der Waals surface area (Å²) in [6, 6.07) is 9.81. The lowest BCUT2D eigenvalue weighted by atomic mass is 10.0. The Labute approximate surface area is 233 Å². The predicted molar refractivity (Wildman–Crippen MR) is 141 cm³/mol. The third-order valence-electron chi connectivity index (χ3n) is 5.82. The summed E-state index contributed by atoms with van der Waals surface area (Å²) in [6.07, 6.45) is 0.00193. The zero-order valence-corrected chi connectivity index (χ0v) is 22.0. The van der Waals surface area contributed by atoms with Crippen LogP contribution < -0.4 is 19.5 Å². The highest BCUT2D eigenvalue weighted by atomic mass is 19.4. The SMILES string of the molecule is N#Cc1[nH]ncc1-c1cc(OCCOCCCCNCc2cc(OCCO)cc(OC(F)(F)F)c2)c2cn[nH]c2c1. The van der Waals surface area contributed by atoms with Crippen LogP contribution in [0.1, 0.15) is 24.1 Å². The number of rotatable bonds is 16. The number of aliphatic hydroxyl groups excluding tert-OH is 1. The Balaban J connectivity index is 1.16. The highest BCUT2D eigenvalue weighted by molar-refractivity contribution is 5.90. The topological polar surface area (TPSA) is 150 Å². The number of fused-ring (bicyclic) bond motifs is 1. The Hall–Kier alpha value is -4.32. The van der Waals surface area contributed by atoms with Gasteiger partial charge < -0.3 is 29.4 Å². The van der Waals surface area contributed by atoms with Crippen molar-refractivity contribution in [1.29, 1.82) is 5.26 Å². The van der Waals surface area contributed by atoms with E-state index >= 15 is 0 Å². The van der Waals surface area contributed by atoms with Gasteiger partial charge in [0.15, 0.2) is 0 Å². The molecule has 0 aliphatic rings. The van der Waals surface area contributed by atoms with Gasteiger partial charge >= 0.3 is 6.36 Å². The molecule has 41 heavy (non-hydrogen) atoms. The van der Waals surface area contributed by atoms with Crippen LogP contribution in [0.3, 0.4) is 0 Å². The van der Waals surface area contributed by atoms with Gasteiger partial charge in [-0.1, -0.05) is 0 Å². The first-order chi connectivity index (χ1) is 19.9. The molecule has 14 heteroatoms. The molecule has 4 N–H and O–H groups in total. The summed E-state index contributed by atoms with van der Waals surface area (Å²) in [5.74, 6) is 0.412. The van der Waals surface area contributed by atoms with E-state index in [4.69, 9.17) is 19.3 Å². The minimum atomic E-state index is -4.82. The lowest BCUT2D eigenvalue weighted by Gasteiger charge is -2.13. The number of hydrogen-bond acceptors (Lipinski definition) is 9.